The molecule has 2 aromatic rings. The zero-order chi connectivity index (χ0) is 18.1. The maximum atomic E-state index is 12.7. The summed E-state index contributed by atoms with van der Waals surface area (Å²) in [6, 6.07) is 11.5. The summed E-state index contributed by atoms with van der Waals surface area (Å²) in [6.07, 6.45) is 4.11. The summed E-state index contributed by atoms with van der Waals surface area (Å²) in [5.41, 5.74) is 3.65. The molecular weight excluding hydrogens is 330 g/mol. The van der Waals surface area contributed by atoms with Gasteiger partial charge in [0.15, 0.2) is 11.5 Å². The Morgan fingerprint density at radius 3 is 2.85 bits per heavy atom. The van der Waals surface area contributed by atoms with Crippen molar-refractivity contribution in [1.29, 1.82) is 0 Å². The normalized spacial score (nSPS) is 15.3. The van der Waals surface area contributed by atoms with Crippen molar-refractivity contribution >= 4 is 17.7 Å². The maximum Gasteiger partial charge on any atom is 0.250 e. The van der Waals surface area contributed by atoms with E-state index >= 15 is 0 Å². The number of hydrogen-bond acceptors (Lipinski definition) is 4. The molecular formula is C21H19NO4. The molecule has 2 heterocycles. The van der Waals surface area contributed by atoms with E-state index < -0.39 is 0 Å². The van der Waals surface area contributed by atoms with Crippen molar-refractivity contribution in [3.05, 3.63) is 65.7 Å². The first-order chi connectivity index (χ1) is 12.7. The zero-order valence-electron chi connectivity index (χ0n) is 14.5. The van der Waals surface area contributed by atoms with Gasteiger partial charge in [0.1, 0.15) is 5.75 Å². The smallest absolute Gasteiger partial charge is 0.250 e. The zero-order valence-corrected chi connectivity index (χ0v) is 14.5. The van der Waals surface area contributed by atoms with Crippen molar-refractivity contribution in [2.24, 2.45) is 0 Å². The van der Waals surface area contributed by atoms with Crippen molar-refractivity contribution in [1.82, 2.24) is 4.90 Å². The summed E-state index contributed by atoms with van der Waals surface area (Å²) in [5, 5.41) is 0. The third-order valence-electron chi connectivity index (χ3n) is 4.62. The van der Waals surface area contributed by atoms with Crippen LogP contribution < -0.4 is 14.2 Å². The van der Waals surface area contributed by atoms with Gasteiger partial charge in [-0.2, -0.15) is 0 Å². The Morgan fingerprint density at radius 1 is 1.23 bits per heavy atom. The highest BCUT2D eigenvalue weighted by atomic mass is 16.7. The molecule has 0 aliphatic carbocycles. The average Bonchev–Trinajstić information content (AvgIpc) is 3.12. The van der Waals surface area contributed by atoms with Crippen molar-refractivity contribution in [2.45, 2.75) is 6.42 Å². The number of ether oxygens (including phenoxy) is 3. The number of methoxy groups -OCH3 is 1. The van der Waals surface area contributed by atoms with E-state index in [-0.39, 0.29) is 12.7 Å². The first kappa shape index (κ1) is 16.3. The minimum atomic E-state index is -0.0962. The van der Waals surface area contributed by atoms with E-state index in [0.717, 1.165) is 34.6 Å². The predicted octanol–water partition coefficient (Wildman–Crippen LogP) is 3.49. The number of nitrogens with zero attached hydrogens (tertiary/aromatic N) is 1. The van der Waals surface area contributed by atoms with Crippen molar-refractivity contribution in [3.63, 3.8) is 0 Å². The van der Waals surface area contributed by atoms with Crippen molar-refractivity contribution in [3.8, 4) is 17.2 Å². The summed E-state index contributed by atoms with van der Waals surface area (Å²) < 4.78 is 16.1. The van der Waals surface area contributed by atoms with E-state index in [2.05, 4.69) is 6.58 Å². The topological polar surface area (TPSA) is 48.0 Å². The van der Waals surface area contributed by atoms with Crippen LogP contribution in [0.15, 0.2) is 49.1 Å². The maximum absolute atomic E-state index is 12.7. The van der Waals surface area contributed by atoms with Crippen LogP contribution in [-0.4, -0.2) is 31.3 Å². The van der Waals surface area contributed by atoms with E-state index in [1.807, 2.05) is 36.4 Å². The minimum Gasteiger partial charge on any atom is -0.497 e. The highest BCUT2D eigenvalue weighted by Gasteiger charge is 2.26. The van der Waals surface area contributed by atoms with Crippen LogP contribution in [-0.2, 0) is 11.2 Å². The molecule has 4 rings (SSSR count). The molecule has 26 heavy (non-hydrogen) atoms. The van der Waals surface area contributed by atoms with Crippen LogP contribution in [0.5, 0.6) is 17.2 Å². The first-order valence-corrected chi connectivity index (χ1v) is 8.41. The fourth-order valence-electron chi connectivity index (χ4n) is 3.22. The van der Waals surface area contributed by atoms with Crippen molar-refractivity contribution < 1.29 is 19.0 Å². The number of rotatable bonds is 3. The monoisotopic (exact) mass is 349 g/mol. The molecule has 2 aliphatic rings. The lowest BCUT2D eigenvalue weighted by Gasteiger charge is -2.30. The molecule has 0 unspecified atom stereocenters. The average molecular weight is 349 g/mol. The second kappa shape index (κ2) is 6.59. The Labute approximate surface area is 152 Å². The molecule has 0 saturated heterocycles. The van der Waals surface area contributed by atoms with Gasteiger partial charge in [0.2, 0.25) is 6.79 Å². The molecule has 5 heteroatoms. The molecule has 0 aromatic heterocycles. The molecule has 0 spiro atoms. The summed E-state index contributed by atoms with van der Waals surface area (Å²) in [4.78, 5) is 14.4. The standard InChI is InChI=1S/C21H19NO4/c1-14-18-12-20-19(25-13-26-20)11-16(18)8-9-22(14)21(23)7-6-15-4-3-5-17(10-15)24-2/h3-7,10-12H,1,8-9,13H2,2H3. The second-order valence-electron chi connectivity index (χ2n) is 6.16. The number of carbonyl (C=O) groups is 1. The summed E-state index contributed by atoms with van der Waals surface area (Å²) >= 11 is 0. The Bertz CT molecular complexity index is 916. The van der Waals surface area contributed by atoms with Crippen LogP contribution >= 0.6 is 0 Å². The molecule has 2 aliphatic heterocycles. The third kappa shape index (κ3) is 2.92. The predicted molar refractivity (Wildman–Crippen MR) is 99.0 cm³/mol. The van der Waals surface area contributed by atoms with Crippen LogP contribution in [0.3, 0.4) is 0 Å². The number of benzene rings is 2. The molecule has 0 fully saturated rings. The lowest BCUT2D eigenvalue weighted by molar-refractivity contribution is -0.123. The van der Waals surface area contributed by atoms with Crippen LogP contribution in [0.25, 0.3) is 11.8 Å². The van der Waals surface area contributed by atoms with Gasteiger partial charge < -0.3 is 19.1 Å². The molecule has 0 atom stereocenters. The quantitative estimate of drug-likeness (QED) is 0.796. The highest BCUT2D eigenvalue weighted by Crippen LogP contribution is 2.39. The van der Waals surface area contributed by atoms with Crippen LogP contribution in [0.2, 0.25) is 0 Å². The van der Waals surface area contributed by atoms with Gasteiger partial charge in [-0.15, -0.1) is 0 Å². The van der Waals surface area contributed by atoms with E-state index in [9.17, 15) is 4.79 Å². The Morgan fingerprint density at radius 2 is 2.04 bits per heavy atom. The molecule has 2 aromatic carbocycles. The first-order valence-electron chi connectivity index (χ1n) is 8.41. The third-order valence-corrected chi connectivity index (χ3v) is 4.62. The highest BCUT2D eigenvalue weighted by molar-refractivity contribution is 5.98. The van der Waals surface area contributed by atoms with Gasteiger partial charge in [0.05, 0.1) is 7.11 Å². The van der Waals surface area contributed by atoms with E-state index in [1.54, 1.807) is 24.2 Å². The lowest BCUT2D eigenvalue weighted by Crippen LogP contribution is -2.33. The number of carbonyl (C=O) groups excluding carboxylic acids is 1. The fraction of sp³-hybridized carbons (Fsp3) is 0.190. The molecule has 0 saturated carbocycles. The van der Waals surface area contributed by atoms with Gasteiger partial charge in [0.25, 0.3) is 5.91 Å². The Kier molecular flexibility index (Phi) is 4.13. The SMILES string of the molecule is C=C1c2cc3c(cc2CCN1C(=O)C=Cc1cccc(OC)c1)OCO3. The Hall–Kier alpha value is -3.21. The molecule has 0 radical (unpaired) electrons. The van der Waals surface area contributed by atoms with E-state index in [1.165, 1.54) is 0 Å². The molecule has 132 valence electrons. The largest absolute Gasteiger partial charge is 0.497 e. The van der Waals surface area contributed by atoms with Gasteiger partial charge in [0, 0.05) is 23.9 Å². The Balaban J connectivity index is 1.54. The van der Waals surface area contributed by atoms with Gasteiger partial charge in [-0.1, -0.05) is 18.7 Å². The number of hydrogen-bond donors (Lipinski definition) is 0. The minimum absolute atomic E-state index is 0.0962. The van der Waals surface area contributed by atoms with E-state index in [4.69, 9.17) is 14.2 Å². The van der Waals surface area contributed by atoms with Gasteiger partial charge in [-0.25, -0.2) is 0 Å². The van der Waals surface area contributed by atoms with Gasteiger partial charge in [-0.05, 0) is 47.9 Å². The summed E-state index contributed by atoms with van der Waals surface area (Å²) in [7, 11) is 1.62. The lowest BCUT2D eigenvalue weighted by atomic mass is 9.96. The molecule has 5 nitrogen and oxygen atoms in total. The molecule has 0 N–H and O–H groups in total. The fourth-order valence-corrected chi connectivity index (χ4v) is 3.22. The molecule has 0 bridgehead atoms. The number of fused-ring (bicyclic) bond motifs is 2. The van der Waals surface area contributed by atoms with Crippen LogP contribution in [0.1, 0.15) is 16.7 Å². The summed E-state index contributed by atoms with van der Waals surface area (Å²) in [5.74, 6) is 2.12. The van der Waals surface area contributed by atoms with Gasteiger partial charge in [-0.3, -0.25) is 4.79 Å². The van der Waals surface area contributed by atoms with Crippen LogP contribution in [0, 0.1) is 0 Å². The van der Waals surface area contributed by atoms with Gasteiger partial charge >= 0.3 is 0 Å². The summed E-state index contributed by atoms with van der Waals surface area (Å²) in [6.45, 7) is 4.94. The van der Waals surface area contributed by atoms with E-state index in [0.29, 0.717) is 18.0 Å². The molecule has 1 amide bonds. The van der Waals surface area contributed by atoms with Crippen LogP contribution in [0.4, 0.5) is 0 Å². The van der Waals surface area contributed by atoms with Crippen molar-refractivity contribution in [2.75, 3.05) is 20.4 Å². The second-order valence-corrected chi connectivity index (χ2v) is 6.16. The number of amides is 1.